The van der Waals surface area contributed by atoms with E-state index in [-0.39, 0.29) is 23.8 Å². The number of nitrogens with one attached hydrogen (secondary N) is 2. The molecule has 4 N–H and O–H groups in total. The van der Waals surface area contributed by atoms with Crippen molar-refractivity contribution < 1.29 is 9.59 Å². The molecule has 5 nitrogen and oxygen atoms in total. The van der Waals surface area contributed by atoms with Gasteiger partial charge in [-0.2, -0.15) is 0 Å². The van der Waals surface area contributed by atoms with Gasteiger partial charge in [0.2, 0.25) is 11.8 Å². The molecule has 1 rings (SSSR count). The second-order valence-electron chi connectivity index (χ2n) is 4.38. The van der Waals surface area contributed by atoms with Crippen LogP contribution in [0.1, 0.15) is 32.6 Å². The standard InChI is InChI=1S/C11H21N3O2/c1-8(3-2-6-12)11(16)13-7-9-4-5-10(15)14-9/h8-9H,2-7,12H2,1H3,(H,13,16)(H,14,15). The lowest BCUT2D eigenvalue weighted by Gasteiger charge is -2.14. The van der Waals surface area contributed by atoms with E-state index in [0.717, 1.165) is 19.3 Å². The number of hydrogen-bond donors (Lipinski definition) is 3. The van der Waals surface area contributed by atoms with Crippen LogP contribution in [0.15, 0.2) is 0 Å². The first-order chi connectivity index (χ1) is 7.63. The maximum Gasteiger partial charge on any atom is 0.222 e. The summed E-state index contributed by atoms with van der Waals surface area (Å²) in [6.45, 7) is 3.06. The Balaban J connectivity index is 2.16. The third-order valence-electron chi connectivity index (χ3n) is 2.90. The molecule has 92 valence electrons. The zero-order valence-corrected chi connectivity index (χ0v) is 9.79. The molecule has 0 saturated carbocycles. The summed E-state index contributed by atoms with van der Waals surface area (Å²) in [5, 5.41) is 5.68. The van der Waals surface area contributed by atoms with Crippen molar-refractivity contribution in [2.75, 3.05) is 13.1 Å². The number of amides is 2. The predicted molar refractivity (Wildman–Crippen MR) is 61.6 cm³/mol. The molecule has 1 saturated heterocycles. The molecule has 1 aliphatic rings. The lowest BCUT2D eigenvalue weighted by atomic mass is 10.0. The molecule has 0 aromatic rings. The van der Waals surface area contributed by atoms with E-state index >= 15 is 0 Å². The maximum atomic E-state index is 11.6. The SMILES string of the molecule is CC(CCCN)C(=O)NCC1CCC(=O)N1. The van der Waals surface area contributed by atoms with Crippen molar-refractivity contribution in [3.63, 3.8) is 0 Å². The van der Waals surface area contributed by atoms with Gasteiger partial charge in [-0.3, -0.25) is 9.59 Å². The Bertz CT molecular complexity index is 256. The summed E-state index contributed by atoms with van der Waals surface area (Å²) >= 11 is 0. The molecule has 1 aliphatic heterocycles. The highest BCUT2D eigenvalue weighted by molar-refractivity contribution is 5.80. The molecule has 2 atom stereocenters. The van der Waals surface area contributed by atoms with Crippen LogP contribution in [0.5, 0.6) is 0 Å². The normalized spacial score (nSPS) is 21.6. The molecule has 0 aliphatic carbocycles. The van der Waals surface area contributed by atoms with Crippen LogP contribution >= 0.6 is 0 Å². The van der Waals surface area contributed by atoms with E-state index in [1.165, 1.54) is 0 Å². The summed E-state index contributed by atoms with van der Waals surface area (Å²) in [6, 6.07) is 0.109. The van der Waals surface area contributed by atoms with E-state index in [1.54, 1.807) is 0 Å². The van der Waals surface area contributed by atoms with Crippen molar-refractivity contribution in [3.05, 3.63) is 0 Å². The Morgan fingerprint density at radius 3 is 3.00 bits per heavy atom. The lowest BCUT2D eigenvalue weighted by Crippen LogP contribution is -2.40. The van der Waals surface area contributed by atoms with Gasteiger partial charge in [-0.05, 0) is 25.8 Å². The third kappa shape index (κ3) is 4.18. The fourth-order valence-electron chi connectivity index (χ4n) is 1.78. The Hall–Kier alpha value is -1.10. The number of hydrogen-bond acceptors (Lipinski definition) is 3. The largest absolute Gasteiger partial charge is 0.354 e. The van der Waals surface area contributed by atoms with Crippen LogP contribution < -0.4 is 16.4 Å². The summed E-state index contributed by atoms with van der Waals surface area (Å²) < 4.78 is 0. The summed E-state index contributed by atoms with van der Waals surface area (Å²) in [6.07, 6.45) is 3.08. The molecule has 0 spiro atoms. The van der Waals surface area contributed by atoms with Crippen molar-refractivity contribution >= 4 is 11.8 Å². The highest BCUT2D eigenvalue weighted by Crippen LogP contribution is 2.07. The molecule has 0 aromatic carbocycles. The second kappa shape index (κ2) is 6.48. The minimum Gasteiger partial charge on any atom is -0.354 e. The van der Waals surface area contributed by atoms with Crippen LogP contribution in [0.25, 0.3) is 0 Å². The van der Waals surface area contributed by atoms with Gasteiger partial charge in [-0.25, -0.2) is 0 Å². The van der Waals surface area contributed by atoms with Crippen LogP contribution in [0.2, 0.25) is 0 Å². The Kier molecular flexibility index (Phi) is 5.25. The first-order valence-corrected chi connectivity index (χ1v) is 5.90. The number of carbonyl (C=O) groups is 2. The van der Waals surface area contributed by atoms with E-state index in [9.17, 15) is 9.59 Å². The Morgan fingerprint density at radius 2 is 2.44 bits per heavy atom. The summed E-state index contributed by atoms with van der Waals surface area (Å²) in [7, 11) is 0. The molecule has 1 heterocycles. The van der Waals surface area contributed by atoms with Gasteiger partial charge in [0.15, 0.2) is 0 Å². The summed E-state index contributed by atoms with van der Waals surface area (Å²) in [4.78, 5) is 22.6. The second-order valence-corrected chi connectivity index (χ2v) is 4.38. The van der Waals surface area contributed by atoms with Crippen molar-refractivity contribution in [2.45, 2.75) is 38.6 Å². The quantitative estimate of drug-likeness (QED) is 0.585. The van der Waals surface area contributed by atoms with Gasteiger partial charge in [0, 0.05) is 24.9 Å². The van der Waals surface area contributed by atoms with Crippen molar-refractivity contribution in [3.8, 4) is 0 Å². The Labute approximate surface area is 96.1 Å². The van der Waals surface area contributed by atoms with Crippen LogP contribution in [-0.2, 0) is 9.59 Å². The average molecular weight is 227 g/mol. The minimum absolute atomic E-state index is 0.000606. The minimum atomic E-state index is 0.000606. The maximum absolute atomic E-state index is 11.6. The lowest BCUT2D eigenvalue weighted by molar-refractivity contribution is -0.125. The highest BCUT2D eigenvalue weighted by atomic mass is 16.2. The predicted octanol–water partition coefficient (Wildman–Crippen LogP) is -0.244. The number of carbonyl (C=O) groups excluding carboxylic acids is 2. The monoisotopic (exact) mass is 227 g/mol. The third-order valence-corrected chi connectivity index (χ3v) is 2.90. The molecule has 16 heavy (non-hydrogen) atoms. The average Bonchev–Trinajstić information content (AvgIpc) is 2.68. The van der Waals surface area contributed by atoms with Crippen molar-refractivity contribution in [1.82, 2.24) is 10.6 Å². The Morgan fingerprint density at radius 1 is 1.69 bits per heavy atom. The molecule has 5 heteroatoms. The fourth-order valence-corrected chi connectivity index (χ4v) is 1.78. The van der Waals surface area contributed by atoms with Crippen LogP contribution in [0.3, 0.4) is 0 Å². The van der Waals surface area contributed by atoms with E-state index in [1.807, 2.05) is 6.92 Å². The first-order valence-electron chi connectivity index (χ1n) is 5.90. The zero-order chi connectivity index (χ0) is 12.0. The summed E-state index contributed by atoms with van der Waals surface area (Å²) in [5.74, 6) is 0.130. The van der Waals surface area contributed by atoms with Crippen molar-refractivity contribution in [2.24, 2.45) is 11.7 Å². The van der Waals surface area contributed by atoms with Gasteiger partial charge in [0.1, 0.15) is 0 Å². The first kappa shape index (κ1) is 13.0. The van der Waals surface area contributed by atoms with Gasteiger partial charge >= 0.3 is 0 Å². The van der Waals surface area contributed by atoms with E-state index < -0.39 is 0 Å². The molecule has 0 radical (unpaired) electrons. The molecule has 1 fully saturated rings. The van der Waals surface area contributed by atoms with Crippen molar-refractivity contribution in [1.29, 1.82) is 0 Å². The van der Waals surface area contributed by atoms with E-state index in [2.05, 4.69) is 10.6 Å². The number of nitrogens with two attached hydrogens (primary N) is 1. The molecular weight excluding hydrogens is 206 g/mol. The van der Waals surface area contributed by atoms with E-state index in [4.69, 9.17) is 5.73 Å². The van der Waals surface area contributed by atoms with E-state index in [0.29, 0.717) is 19.5 Å². The van der Waals surface area contributed by atoms with Crippen LogP contribution in [-0.4, -0.2) is 30.9 Å². The summed E-state index contributed by atoms with van der Waals surface area (Å²) in [5.41, 5.74) is 5.39. The van der Waals surface area contributed by atoms with Gasteiger partial charge < -0.3 is 16.4 Å². The molecule has 2 amide bonds. The topological polar surface area (TPSA) is 84.2 Å². The van der Waals surface area contributed by atoms with Crippen LogP contribution in [0.4, 0.5) is 0 Å². The number of rotatable bonds is 6. The molecular formula is C11H21N3O2. The molecule has 0 bridgehead atoms. The smallest absolute Gasteiger partial charge is 0.222 e. The van der Waals surface area contributed by atoms with Gasteiger partial charge in [-0.15, -0.1) is 0 Å². The zero-order valence-electron chi connectivity index (χ0n) is 9.79. The van der Waals surface area contributed by atoms with Gasteiger partial charge in [0.05, 0.1) is 0 Å². The van der Waals surface area contributed by atoms with Gasteiger partial charge in [-0.1, -0.05) is 6.92 Å². The highest BCUT2D eigenvalue weighted by Gasteiger charge is 2.21. The van der Waals surface area contributed by atoms with Crippen LogP contribution in [0, 0.1) is 5.92 Å². The van der Waals surface area contributed by atoms with Gasteiger partial charge in [0.25, 0.3) is 0 Å². The molecule has 0 aromatic heterocycles. The molecule has 2 unspecified atom stereocenters. The fraction of sp³-hybridized carbons (Fsp3) is 0.818.